The molecule has 0 spiro atoms. The van der Waals surface area contributed by atoms with Crippen LogP contribution in [0, 0.1) is 0 Å². The standard InChI is InChI=1S/C6H8P.Sc.H/c1-5-3-4-6(2)7-5;;/h3-4H,1-2H3;;/q;;-1. The Labute approximate surface area is 68.2 Å². The molecule has 0 aromatic heterocycles. The summed E-state index contributed by atoms with van der Waals surface area (Å²) in [5.74, 6) is 0. The molecule has 0 radical (unpaired) electrons. The molecule has 0 aliphatic carbocycles. The Kier molecular flexibility index (Phi) is 1.89. The first-order chi connectivity index (χ1) is 3.60. The zero-order chi connectivity index (χ0) is 6.20. The second-order valence-electron chi connectivity index (χ2n) is 2.31. The van der Waals surface area contributed by atoms with E-state index >= 15 is 0 Å². The summed E-state index contributed by atoms with van der Waals surface area (Å²) in [4.78, 5) is 0. The Morgan fingerprint density at radius 3 is 2.62 bits per heavy atom. The van der Waals surface area contributed by atoms with E-state index in [1.54, 1.807) is 0 Å². The Morgan fingerprint density at radius 2 is 2.50 bits per heavy atom. The maximum absolute atomic E-state index is 2.30. The summed E-state index contributed by atoms with van der Waals surface area (Å²) in [5.41, 5.74) is 0. The molecule has 0 fully saturated rings. The van der Waals surface area contributed by atoms with Gasteiger partial charge in [0.25, 0.3) is 0 Å². The third-order valence-corrected chi connectivity index (χ3v) is 3.12. The minimum Gasteiger partial charge on any atom is -1.00 e. The first-order valence-electron chi connectivity index (χ1n) is 2.65. The van der Waals surface area contributed by atoms with Crippen molar-refractivity contribution >= 4 is 13.5 Å². The molecule has 0 saturated heterocycles. The van der Waals surface area contributed by atoms with Crippen LogP contribution in [0.5, 0.6) is 0 Å². The second-order valence-corrected chi connectivity index (χ2v) is 6.84. The van der Waals surface area contributed by atoms with Gasteiger partial charge in [-0.15, -0.1) is 0 Å². The normalized spacial score (nSPS) is 37.4. The first kappa shape index (κ1) is 6.89. The molecule has 0 amide bonds. The van der Waals surface area contributed by atoms with E-state index in [0.717, 1.165) is 0 Å². The smallest absolute Gasteiger partial charge is 1.00 e. The Balaban J connectivity index is 0.000000640. The van der Waals surface area contributed by atoms with Crippen molar-refractivity contribution in [3.8, 4) is 0 Å². The summed E-state index contributed by atoms with van der Waals surface area (Å²) in [6, 6.07) is 0. The Morgan fingerprint density at radius 1 is 1.88 bits per heavy atom. The summed E-state index contributed by atoms with van der Waals surface area (Å²) in [7, 11) is 1.50. The quantitative estimate of drug-likeness (QED) is 0.472. The number of rotatable bonds is 0. The van der Waals surface area contributed by atoms with Crippen molar-refractivity contribution in [3.63, 3.8) is 0 Å². The topological polar surface area (TPSA) is 0 Å². The average Bonchev–Trinajstić information content (AvgIpc) is 1.82. The second kappa shape index (κ2) is 2.19. The van der Waals surface area contributed by atoms with Crippen LogP contribution in [-0.4, -0.2) is 8.21 Å². The van der Waals surface area contributed by atoms with Gasteiger partial charge in [0.1, 0.15) is 0 Å². The minimum atomic E-state index is 0. The van der Waals surface area contributed by atoms with Crippen molar-refractivity contribution in [2.24, 2.45) is 0 Å². The van der Waals surface area contributed by atoms with Gasteiger partial charge < -0.3 is 1.43 Å². The van der Waals surface area contributed by atoms with Crippen LogP contribution in [0.4, 0.5) is 0 Å². The van der Waals surface area contributed by atoms with Gasteiger partial charge in [0.2, 0.25) is 0 Å². The third kappa shape index (κ3) is 1.63. The molecule has 0 aromatic rings. The maximum Gasteiger partial charge on any atom is -1.00 e. The van der Waals surface area contributed by atoms with Gasteiger partial charge in [-0.3, -0.25) is 0 Å². The predicted octanol–water partition coefficient (Wildman–Crippen LogP) is 2.07. The fraction of sp³-hybridized carbons (Fsp3) is 0.500. The fourth-order valence-electron chi connectivity index (χ4n) is 0.744. The van der Waals surface area contributed by atoms with Crippen LogP contribution in [0.1, 0.15) is 15.3 Å². The molecule has 0 aromatic carbocycles. The summed E-state index contributed by atoms with van der Waals surface area (Å²) >= 11 is 1.81. The van der Waals surface area contributed by atoms with Crippen LogP contribution in [-0.2, 0) is 24.4 Å². The molecule has 1 aliphatic heterocycles. The van der Waals surface area contributed by atoms with Gasteiger partial charge in [0.15, 0.2) is 0 Å². The summed E-state index contributed by atoms with van der Waals surface area (Å²) in [5, 5.41) is 1.50. The summed E-state index contributed by atoms with van der Waals surface area (Å²) < 4.78 is 0.483. The molecule has 8 heavy (non-hydrogen) atoms. The molecule has 1 unspecified atom stereocenters. The number of allylic oxidation sites excluding steroid dienone is 2. The first-order valence-corrected chi connectivity index (χ1v) is 4.44. The summed E-state index contributed by atoms with van der Waals surface area (Å²) in [6.07, 6.45) is 4.52. The van der Waals surface area contributed by atoms with E-state index in [9.17, 15) is 0 Å². The van der Waals surface area contributed by atoms with E-state index in [4.69, 9.17) is 0 Å². The van der Waals surface area contributed by atoms with E-state index in [-0.39, 0.29) is 1.43 Å². The minimum absolute atomic E-state index is 0. The van der Waals surface area contributed by atoms with Crippen molar-refractivity contribution in [1.82, 2.24) is 0 Å². The van der Waals surface area contributed by atoms with Crippen molar-refractivity contribution in [1.29, 1.82) is 0 Å². The van der Waals surface area contributed by atoms with Gasteiger partial charge in [-0.1, -0.05) is 0 Å². The van der Waals surface area contributed by atoms with Gasteiger partial charge >= 0.3 is 66.8 Å². The van der Waals surface area contributed by atoms with Crippen LogP contribution < -0.4 is 0 Å². The molecular formula is C6H9PSc-. The maximum atomic E-state index is 2.30. The molecule has 0 saturated carbocycles. The van der Waals surface area contributed by atoms with E-state index in [1.807, 2.05) is 24.4 Å². The van der Waals surface area contributed by atoms with E-state index in [0.29, 0.717) is 2.91 Å². The zero-order valence-corrected chi connectivity index (χ0v) is 7.88. The van der Waals surface area contributed by atoms with E-state index in [2.05, 4.69) is 26.0 Å². The van der Waals surface area contributed by atoms with E-state index < -0.39 is 0 Å². The average molecular weight is 157 g/mol. The van der Waals surface area contributed by atoms with Gasteiger partial charge in [-0.05, 0) is 0 Å². The predicted molar refractivity (Wildman–Crippen MR) is 36.3 cm³/mol. The SMILES string of the molecule is CC1=P[C](C)([Sc])C=C1.[H-]. The Bertz CT molecular complexity index is 160. The van der Waals surface area contributed by atoms with E-state index in [1.165, 1.54) is 13.5 Å². The molecular weight excluding hydrogens is 148 g/mol. The van der Waals surface area contributed by atoms with Crippen LogP contribution in [0.2, 0.25) is 0 Å². The molecule has 1 rings (SSSR count). The van der Waals surface area contributed by atoms with Crippen LogP contribution in [0.3, 0.4) is 0 Å². The van der Waals surface area contributed by atoms with Crippen LogP contribution in [0.25, 0.3) is 0 Å². The van der Waals surface area contributed by atoms with Crippen LogP contribution >= 0.6 is 8.20 Å². The summed E-state index contributed by atoms with van der Waals surface area (Å²) in [6.45, 7) is 4.46. The molecule has 1 heterocycles. The van der Waals surface area contributed by atoms with Crippen molar-refractivity contribution in [3.05, 3.63) is 12.2 Å². The van der Waals surface area contributed by atoms with Gasteiger partial charge in [-0.25, -0.2) is 0 Å². The van der Waals surface area contributed by atoms with Gasteiger partial charge in [0, 0.05) is 0 Å². The molecule has 2 heteroatoms. The largest absolute Gasteiger partial charge is 1.00 e. The molecule has 1 atom stereocenters. The van der Waals surface area contributed by atoms with Gasteiger partial charge in [0.05, 0.1) is 0 Å². The monoisotopic (exact) mass is 157 g/mol. The van der Waals surface area contributed by atoms with Crippen LogP contribution in [0.15, 0.2) is 12.2 Å². The number of hydrogen-bond donors (Lipinski definition) is 0. The van der Waals surface area contributed by atoms with Crippen molar-refractivity contribution in [2.75, 3.05) is 0 Å². The molecule has 0 N–H and O–H groups in total. The molecule has 42 valence electrons. The number of hydrogen-bond acceptors (Lipinski definition) is 0. The fourth-order valence-corrected chi connectivity index (χ4v) is 2.91. The Hall–Kier alpha value is 0.780. The molecule has 0 nitrogen and oxygen atoms in total. The molecule has 0 bridgehead atoms. The molecule has 1 aliphatic rings. The third-order valence-electron chi connectivity index (χ3n) is 1.08. The van der Waals surface area contributed by atoms with Crippen molar-refractivity contribution < 1.29 is 25.8 Å². The van der Waals surface area contributed by atoms with Gasteiger partial charge in [-0.2, -0.15) is 0 Å². The van der Waals surface area contributed by atoms with Crippen molar-refractivity contribution in [2.45, 2.75) is 16.8 Å². The zero-order valence-electron chi connectivity index (χ0n) is 6.18.